The zero-order valence-corrected chi connectivity index (χ0v) is 15.8. The Morgan fingerprint density at radius 1 is 0.897 bits per heavy atom. The number of aromatic amines is 2. The van der Waals surface area contributed by atoms with E-state index in [0.29, 0.717) is 11.5 Å². The van der Waals surface area contributed by atoms with Gasteiger partial charge >= 0.3 is 0 Å². The summed E-state index contributed by atoms with van der Waals surface area (Å²) < 4.78 is 0. The van der Waals surface area contributed by atoms with E-state index in [4.69, 9.17) is 4.98 Å². The lowest BCUT2D eigenvalue weighted by Crippen LogP contribution is -1.85. The molecule has 0 spiro atoms. The van der Waals surface area contributed by atoms with Crippen LogP contribution in [0, 0.1) is 0 Å². The van der Waals surface area contributed by atoms with Crippen LogP contribution >= 0.6 is 11.3 Å². The van der Waals surface area contributed by atoms with Gasteiger partial charge in [-0.15, -0.1) is 0 Å². The molecule has 0 aliphatic heterocycles. The maximum atomic E-state index is 4.84. The first-order chi connectivity index (χ1) is 14.4. The molecule has 6 aromatic rings. The lowest BCUT2D eigenvalue weighted by molar-refractivity contribution is 1.09. The van der Waals surface area contributed by atoms with E-state index in [-0.39, 0.29) is 0 Å². The van der Waals surface area contributed by atoms with E-state index in [0.717, 1.165) is 44.5 Å². The first kappa shape index (κ1) is 16.1. The molecule has 0 saturated carbocycles. The van der Waals surface area contributed by atoms with E-state index in [1.807, 2.05) is 29.8 Å². The van der Waals surface area contributed by atoms with Gasteiger partial charge in [0.25, 0.3) is 0 Å². The Balaban J connectivity index is 1.53. The fourth-order valence-corrected chi connectivity index (χ4v) is 4.09. The summed E-state index contributed by atoms with van der Waals surface area (Å²) in [6, 6.07) is 9.98. The largest absolute Gasteiger partial charge is 0.337 e. The highest BCUT2D eigenvalue weighted by Crippen LogP contribution is 2.31. The fourth-order valence-electron chi connectivity index (χ4n) is 3.45. The monoisotopic (exact) mass is 395 g/mol. The zero-order valence-electron chi connectivity index (χ0n) is 15.0. The van der Waals surface area contributed by atoms with Gasteiger partial charge in [0.05, 0.1) is 16.6 Å². The molecular formula is C21H13N7S. The van der Waals surface area contributed by atoms with Crippen LogP contribution < -0.4 is 0 Å². The Kier molecular flexibility index (Phi) is 3.50. The summed E-state index contributed by atoms with van der Waals surface area (Å²) in [5.41, 5.74) is 7.19. The molecule has 29 heavy (non-hydrogen) atoms. The van der Waals surface area contributed by atoms with Gasteiger partial charge in [0.15, 0.2) is 11.5 Å². The smallest absolute Gasteiger partial charge is 0.181 e. The third-order valence-corrected chi connectivity index (χ3v) is 5.54. The zero-order chi connectivity index (χ0) is 19.2. The van der Waals surface area contributed by atoms with Crippen molar-refractivity contribution in [3.8, 4) is 33.9 Å². The van der Waals surface area contributed by atoms with Crippen LogP contribution in [0.25, 0.3) is 56.0 Å². The van der Waals surface area contributed by atoms with Gasteiger partial charge in [-0.05, 0) is 41.3 Å². The maximum Gasteiger partial charge on any atom is 0.181 e. The summed E-state index contributed by atoms with van der Waals surface area (Å²) in [6.45, 7) is 0. The quantitative estimate of drug-likeness (QED) is 0.453. The van der Waals surface area contributed by atoms with Crippen molar-refractivity contribution in [2.24, 2.45) is 0 Å². The molecule has 6 heterocycles. The predicted octanol–water partition coefficient (Wildman–Crippen LogP) is 4.69. The van der Waals surface area contributed by atoms with Crippen molar-refractivity contribution >= 4 is 33.4 Å². The van der Waals surface area contributed by atoms with Crippen LogP contribution in [0.5, 0.6) is 0 Å². The van der Waals surface area contributed by atoms with Crippen LogP contribution in [0.15, 0.2) is 65.9 Å². The molecule has 0 aliphatic rings. The summed E-state index contributed by atoms with van der Waals surface area (Å²) in [5.74, 6) is 0.709. The Bertz CT molecular complexity index is 1450. The molecule has 8 heteroatoms. The van der Waals surface area contributed by atoms with E-state index in [9.17, 15) is 0 Å². The minimum Gasteiger partial charge on any atom is -0.337 e. The number of aromatic nitrogens is 7. The standard InChI is InChI=1S/C21H13N7S/c1-5-22-6-2-12(1)14-9-15-18(27-28-20(15)24-10-14)21-25-16-3-7-23-17(19(16)26-21)13-4-8-29-11-13/h1-11H,(H,25,26)(H,24,27,28). The number of nitrogens with zero attached hydrogens (tertiary/aromatic N) is 5. The molecule has 0 radical (unpaired) electrons. The average molecular weight is 395 g/mol. The third-order valence-electron chi connectivity index (χ3n) is 4.86. The number of pyridine rings is 3. The van der Waals surface area contributed by atoms with Crippen molar-refractivity contribution in [2.45, 2.75) is 0 Å². The average Bonchev–Trinajstić information content (AvgIpc) is 3.52. The Morgan fingerprint density at radius 3 is 2.69 bits per heavy atom. The lowest BCUT2D eigenvalue weighted by atomic mass is 10.1. The number of nitrogens with one attached hydrogen (secondary N) is 2. The lowest BCUT2D eigenvalue weighted by Gasteiger charge is -2.00. The second-order valence-electron chi connectivity index (χ2n) is 6.58. The van der Waals surface area contributed by atoms with Gasteiger partial charge in [0.1, 0.15) is 11.2 Å². The SMILES string of the molecule is c1cc(-c2cnc3n[nH]c(-c4nc5c(-c6ccsc6)nccc5[nH]4)c3c2)ccn1. The third kappa shape index (κ3) is 2.61. The first-order valence-electron chi connectivity index (χ1n) is 8.99. The van der Waals surface area contributed by atoms with E-state index < -0.39 is 0 Å². The van der Waals surface area contributed by atoms with Crippen LogP contribution in [0.3, 0.4) is 0 Å². The first-order valence-corrected chi connectivity index (χ1v) is 9.93. The fraction of sp³-hybridized carbons (Fsp3) is 0. The van der Waals surface area contributed by atoms with Crippen molar-refractivity contribution in [1.29, 1.82) is 0 Å². The summed E-state index contributed by atoms with van der Waals surface area (Å²) in [7, 11) is 0. The number of rotatable bonds is 3. The van der Waals surface area contributed by atoms with Crippen molar-refractivity contribution in [3.63, 3.8) is 0 Å². The van der Waals surface area contributed by atoms with Gasteiger partial charge in [-0.25, -0.2) is 9.97 Å². The summed E-state index contributed by atoms with van der Waals surface area (Å²) >= 11 is 1.64. The normalized spacial score (nSPS) is 11.4. The Hall–Kier alpha value is -3.91. The van der Waals surface area contributed by atoms with Gasteiger partial charge in [-0.1, -0.05) is 0 Å². The van der Waals surface area contributed by atoms with Crippen LogP contribution in [0.1, 0.15) is 0 Å². The number of fused-ring (bicyclic) bond motifs is 2. The molecule has 138 valence electrons. The molecule has 0 saturated heterocycles. The van der Waals surface area contributed by atoms with E-state index in [1.165, 1.54) is 0 Å². The van der Waals surface area contributed by atoms with Crippen LogP contribution in [-0.4, -0.2) is 35.1 Å². The number of thiophene rings is 1. The molecule has 0 bridgehead atoms. The second-order valence-corrected chi connectivity index (χ2v) is 7.36. The van der Waals surface area contributed by atoms with Gasteiger partial charge < -0.3 is 4.98 Å². The van der Waals surface area contributed by atoms with Gasteiger partial charge in [0, 0.05) is 41.3 Å². The van der Waals surface area contributed by atoms with Crippen molar-refractivity contribution in [2.75, 3.05) is 0 Å². The summed E-state index contributed by atoms with van der Waals surface area (Å²) in [5, 5.41) is 12.5. The van der Waals surface area contributed by atoms with Gasteiger partial charge in [-0.3, -0.25) is 15.1 Å². The van der Waals surface area contributed by atoms with Crippen molar-refractivity contribution in [3.05, 3.63) is 65.9 Å². The van der Waals surface area contributed by atoms with Crippen LogP contribution in [-0.2, 0) is 0 Å². The molecule has 0 aliphatic carbocycles. The van der Waals surface area contributed by atoms with E-state index >= 15 is 0 Å². The van der Waals surface area contributed by atoms with E-state index in [2.05, 4.69) is 47.6 Å². The maximum absolute atomic E-state index is 4.84. The summed E-state index contributed by atoms with van der Waals surface area (Å²) in [6.07, 6.45) is 7.16. The van der Waals surface area contributed by atoms with Crippen LogP contribution in [0.2, 0.25) is 0 Å². The molecule has 0 fully saturated rings. The molecule has 0 amide bonds. The second kappa shape index (κ2) is 6.32. The molecule has 6 aromatic heterocycles. The van der Waals surface area contributed by atoms with Gasteiger partial charge in [-0.2, -0.15) is 16.4 Å². The van der Waals surface area contributed by atoms with Gasteiger partial charge in [0.2, 0.25) is 0 Å². The van der Waals surface area contributed by atoms with Crippen LogP contribution in [0.4, 0.5) is 0 Å². The highest BCUT2D eigenvalue weighted by molar-refractivity contribution is 7.08. The molecule has 0 atom stereocenters. The molecular weight excluding hydrogens is 382 g/mol. The van der Waals surface area contributed by atoms with E-state index in [1.54, 1.807) is 29.9 Å². The van der Waals surface area contributed by atoms with Crippen molar-refractivity contribution < 1.29 is 0 Å². The number of H-pyrrole nitrogens is 2. The number of hydrogen-bond donors (Lipinski definition) is 2. The Morgan fingerprint density at radius 2 is 1.83 bits per heavy atom. The van der Waals surface area contributed by atoms with Crippen molar-refractivity contribution in [1.82, 2.24) is 35.1 Å². The molecule has 6 rings (SSSR count). The minimum atomic E-state index is 0.648. The number of hydrogen-bond acceptors (Lipinski definition) is 6. The Labute approximate surface area is 168 Å². The molecule has 7 nitrogen and oxygen atoms in total. The molecule has 0 unspecified atom stereocenters. The molecule has 0 aromatic carbocycles. The highest BCUT2D eigenvalue weighted by atomic mass is 32.1. The highest BCUT2D eigenvalue weighted by Gasteiger charge is 2.16. The minimum absolute atomic E-state index is 0.648. The predicted molar refractivity (Wildman–Crippen MR) is 113 cm³/mol. The summed E-state index contributed by atoms with van der Waals surface area (Å²) in [4.78, 5) is 21.4. The topological polar surface area (TPSA) is 96.0 Å². The number of imidazole rings is 1. The molecule has 2 N–H and O–H groups in total.